The number of aryl methyl sites for hydroxylation is 1. The fraction of sp³-hybridized carbons (Fsp3) is 0.286. The number of nitro benzene ring substituents is 1. The average molecular weight is 332 g/mol. The number of nitrogens with one attached hydrogen (secondary N) is 2. The first-order valence-corrected chi connectivity index (χ1v) is 7.15. The van der Waals surface area contributed by atoms with Crippen molar-refractivity contribution in [1.82, 2.24) is 15.2 Å². The van der Waals surface area contributed by atoms with Crippen molar-refractivity contribution in [3.05, 3.63) is 50.1 Å². The molecule has 0 aliphatic rings. The molecule has 1 aromatic carbocycles. The molecule has 10 heteroatoms. The minimum absolute atomic E-state index is 0.139. The van der Waals surface area contributed by atoms with Gasteiger partial charge in [0.1, 0.15) is 5.69 Å². The largest absolute Gasteiger partial charge is 0.487 e. The van der Waals surface area contributed by atoms with Crippen molar-refractivity contribution in [3.63, 3.8) is 0 Å². The van der Waals surface area contributed by atoms with Crippen molar-refractivity contribution < 1.29 is 9.66 Å². The van der Waals surface area contributed by atoms with Crippen molar-refractivity contribution in [2.45, 2.75) is 20.3 Å². The van der Waals surface area contributed by atoms with Crippen molar-refractivity contribution >= 4 is 17.7 Å². The second kappa shape index (κ2) is 7.81. The summed E-state index contributed by atoms with van der Waals surface area (Å²) in [6.45, 7) is 3.96. The summed E-state index contributed by atoms with van der Waals surface area (Å²) in [5, 5.41) is 21.0. The standard InChI is InChI=1S/C14H16N6O4/c1-3-6-24-12-5-4-10(7-11(12)20(22)23)8-15-18-13-9(2)17-19-14(21)16-13/h4-5,7-8H,3,6H2,1-2H3,(H2,16,18,19,21)/b15-8+. The summed E-state index contributed by atoms with van der Waals surface area (Å²) < 4.78 is 5.35. The minimum Gasteiger partial charge on any atom is -0.487 e. The fourth-order valence-electron chi connectivity index (χ4n) is 1.76. The van der Waals surface area contributed by atoms with Crippen molar-refractivity contribution in [3.8, 4) is 5.75 Å². The smallest absolute Gasteiger partial charge is 0.363 e. The van der Waals surface area contributed by atoms with E-state index in [0.717, 1.165) is 6.42 Å². The van der Waals surface area contributed by atoms with Gasteiger partial charge in [-0.15, -0.1) is 0 Å². The lowest BCUT2D eigenvalue weighted by Gasteiger charge is -2.05. The maximum Gasteiger partial charge on any atom is 0.363 e. The Morgan fingerprint density at radius 3 is 3.00 bits per heavy atom. The summed E-state index contributed by atoms with van der Waals surface area (Å²) in [5.41, 5.74) is 2.78. The van der Waals surface area contributed by atoms with Gasteiger partial charge in [-0.05, 0) is 25.5 Å². The maximum absolute atomic E-state index is 11.1. The summed E-state index contributed by atoms with van der Waals surface area (Å²) in [5.74, 6) is 0.413. The number of nitrogens with zero attached hydrogens (tertiary/aromatic N) is 4. The Labute approximate surface area is 136 Å². The first-order chi connectivity index (χ1) is 11.5. The summed E-state index contributed by atoms with van der Waals surface area (Å²) in [6, 6.07) is 4.51. The van der Waals surface area contributed by atoms with Crippen LogP contribution in [-0.2, 0) is 0 Å². The van der Waals surface area contributed by atoms with Gasteiger partial charge >= 0.3 is 11.4 Å². The Hall–Kier alpha value is -3.30. The van der Waals surface area contributed by atoms with E-state index in [1.54, 1.807) is 13.0 Å². The van der Waals surface area contributed by atoms with Crippen LogP contribution in [0.4, 0.5) is 11.5 Å². The van der Waals surface area contributed by atoms with Crippen molar-refractivity contribution in [2.24, 2.45) is 5.10 Å². The summed E-state index contributed by atoms with van der Waals surface area (Å²) in [7, 11) is 0. The molecule has 0 atom stereocenters. The Morgan fingerprint density at radius 2 is 2.29 bits per heavy atom. The zero-order valence-corrected chi connectivity index (χ0v) is 13.1. The molecule has 2 N–H and O–H groups in total. The monoisotopic (exact) mass is 332 g/mol. The Morgan fingerprint density at radius 1 is 1.50 bits per heavy atom. The second-order valence-electron chi connectivity index (χ2n) is 4.78. The summed E-state index contributed by atoms with van der Waals surface area (Å²) >= 11 is 0. The van der Waals surface area contributed by atoms with Gasteiger partial charge in [-0.1, -0.05) is 6.92 Å². The highest BCUT2D eigenvalue weighted by Crippen LogP contribution is 2.27. The molecule has 0 spiro atoms. The highest BCUT2D eigenvalue weighted by atomic mass is 16.6. The van der Waals surface area contributed by atoms with E-state index in [1.807, 2.05) is 6.92 Å². The van der Waals surface area contributed by atoms with Gasteiger partial charge < -0.3 is 4.74 Å². The molecule has 1 heterocycles. The van der Waals surface area contributed by atoms with E-state index in [9.17, 15) is 14.9 Å². The molecular weight excluding hydrogens is 316 g/mol. The lowest BCUT2D eigenvalue weighted by Crippen LogP contribution is -2.15. The third-order valence-corrected chi connectivity index (χ3v) is 2.90. The molecule has 0 amide bonds. The van der Waals surface area contributed by atoms with Gasteiger partial charge in [0.25, 0.3) is 0 Å². The summed E-state index contributed by atoms with van der Waals surface area (Å²) in [6.07, 6.45) is 2.12. The number of benzene rings is 1. The third kappa shape index (κ3) is 4.35. The Balaban J connectivity index is 2.17. The number of H-pyrrole nitrogens is 1. The fourth-order valence-corrected chi connectivity index (χ4v) is 1.76. The normalized spacial score (nSPS) is 10.8. The average Bonchev–Trinajstić information content (AvgIpc) is 2.56. The number of nitro groups is 1. The van der Waals surface area contributed by atoms with Crippen LogP contribution in [0.2, 0.25) is 0 Å². The number of hydrazone groups is 1. The van der Waals surface area contributed by atoms with Crippen molar-refractivity contribution in [1.29, 1.82) is 0 Å². The molecule has 2 rings (SSSR count). The Bertz CT molecular complexity index is 817. The number of hydrogen-bond donors (Lipinski definition) is 2. The molecule has 0 fully saturated rings. The van der Waals surface area contributed by atoms with E-state index < -0.39 is 10.6 Å². The van der Waals surface area contributed by atoms with E-state index in [0.29, 0.717) is 17.9 Å². The van der Waals surface area contributed by atoms with Crippen LogP contribution < -0.4 is 15.9 Å². The molecule has 0 saturated carbocycles. The molecule has 2 aromatic rings. The van der Waals surface area contributed by atoms with Gasteiger partial charge in [0.2, 0.25) is 0 Å². The van der Waals surface area contributed by atoms with E-state index >= 15 is 0 Å². The number of aromatic nitrogens is 3. The topological polar surface area (TPSA) is 135 Å². The van der Waals surface area contributed by atoms with Crippen LogP contribution in [-0.4, -0.2) is 32.9 Å². The number of ether oxygens (including phenoxy) is 1. The molecule has 0 bridgehead atoms. The molecule has 0 aliphatic carbocycles. The number of anilines is 1. The highest BCUT2D eigenvalue weighted by molar-refractivity contribution is 5.82. The van der Waals surface area contributed by atoms with Gasteiger partial charge in [0.05, 0.1) is 17.7 Å². The lowest BCUT2D eigenvalue weighted by atomic mass is 10.2. The van der Waals surface area contributed by atoms with Crippen LogP contribution in [0.15, 0.2) is 28.1 Å². The van der Waals surface area contributed by atoms with E-state index in [1.165, 1.54) is 18.3 Å². The summed E-state index contributed by atoms with van der Waals surface area (Å²) in [4.78, 5) is 25.4. The SMILES string of the molecule is CCCOc1ccc(/C=N/Nc2nc(=O)[nH]nc2C)cc1[N+](=O)[O-]. The predicted molar refractivity (Wildman–Crippen MR) is 87.5 cm³/mol. The zero-order valence-electron chi connectivity index (χ0n) is 13.1. The van der Waals surface area contributed by atoms with Gasteiger partial charge in [-0.25, -0.2) is 9.89 Å². The van der Waals surface area contributed by atoms with Gasteiger partial charge in [0, 0.05) is 11.6 Å². The molecule has 10 nitrogen and oxygen atoms in total. The van der Waals surface area contributed by atoms with Crippen molar-refractivity contribution in [2.75, 3.05) is 12.0 Å². The van der Waals surface area contributed by atoms with Crippen LogP contribution in [0.25, 0.3) is 0 Å². The molecule has 24 heavy (non-hydrogen) atoms. The molecule has 1 aromatic heterocycles. The van der Waals surface area contributed by atoms with Gasteiger partial charge in [0.15, 0.2) is 11.6 Å². The maximum atomic E-state index is 11.1. The van der Waals surface area contributed by atoms with Gasteiger partial charge in [-0.3, -0.25) is 15.5 Å². The highest BCUT2D eigenvalue weighted by Gasteiger charge is 2.15. The van der Waals surface area contributed by atoms with Crippen LogP contribution in [0, 0.1) is 17.0 Å². The number of aromatic amines is 1. The van der Waals surface area contributed by atoms with Crippen LogP contribution in [0.3, 0.4) is 0 Å². The molecule has 0 aliphatic heterocycles. The predicted octanol–water partition coefficient (Wildman–Crippen LogP) is 1.62. The number of hydrogen-bond acceptors (Lipinski definition) is 8. The zero-order chi connectivity index (χ0) is 17.5. The van der Waals surface area contributed by atoms with Gasteiger partial charge in [-0.2, -0.15) is 15.2 Å². The van der Waals surface area contributed by atoms with Crippen LogP contribution in [0.5, 0.6) is 5.75 Å². The van der Waals surface area contributed by atoms with Crippen LogP contribution >= 0.6 is 0 Å². The first kappa shape index (κ1) is 17.1. The first-order valence-electron chi connectivity index (χ1n) is 7.15. The molecule has 0 saturated heterocycles. The molecule has 0 unspecified atom stereocenters. The minimum atomic E-state index is -0.605. The number of rotatable bonds is 7. The molecule has 126 valence electrons. The Kier molecular flexibility index (Phi) is 5.55. The van der Waals surface area contributed by atoms with E-state index in [-0.39, 0.29) is 17.3 Å². The van der Waals surface area contributed by atoms with E-state index in [4.69, 9.17) is 4.74 Å². The quantitative estimate of drug-likeness (QED) is 0.446. The van der Waals surface area contributed by atoms with Crippen LogP contribution in [0.1, 0.15) is 24.6 Å². The second-order valence-corrected chi connectivity index (χ2v) is 4.78. The third-order valence-electron chi connectivity index (χ3n) is 2.90. The lowest BCUT2D eigenvalue weighted by molar-refractivity contribution is -0.385. The molecule has 0 radical (unpaired) electrons. The molecular formula is C14H16N6O4. The van der Waals surface area contributed by atoms with E-state index in [2.05, 4.69) is 25.7 Å².